The number of methoxy groups -OCH3 is 1. The molecule has 3 nitrogen and oxygen atoms in total. The molecule has 0 bridgehead atoms. The molecule has 0 aromatic heterocycles. The summed E-state index contributed by atoms with van der Waals surface area (Å²) in [7, 11) is 1.67. The first-order chi connectivity index (χ1) is 8.17. The first-order valence-electron chi connectivity index (χ1n) is 5.92. The zero-order valence-corrected chi connectivity index (χ0v) is 10.5. The third-order valence-corrected chi connectivity index (χ3v) is 2.72. The zero-order valence-electron chi connectivity index (χ0n) is 10.5. The van der Waals surface area contributed by atoms with Crippen molar-refractivity contribution in [1.82, 2.24) is 0 Å². The molecule has 4 heteroatoms. The molecular formula is C13H21FN2O. The van der Waals surface area contributed by atoms with Crippen molar-refractivity contribution in [1.29, 1.82) is 0 Å². The van der Waals surface area contributed by atoms with Crippen LogP contribution in [0.1, 0.15) is 13.3 Å². The number of nitrogens with zero attached hydrogens (tertiary/aromatic N) is 1. The maximum Gasteiger partial charge on any atom is 0.123 e. The third kappa shape index (κ3) is 4.71. The van der Waals surface area contributed by atoms with Crippen LogP contribution in [0.25, 0.3) is 0 Å². The molecule has 0 aliphatic rings. The number of likely N-dealkylation sites (N-methyl/N-ethyl adjacent to an activating group) is 1. The number of halogens is 1. The smallest absolute Gasteiger partial charge is 0.123 e. The summed E-state index contributed by atoms with van der Waals surface area (Å²) in [5.74, 6) is -0.214. The van der Waals surface area contributed by atoms with Crippen LogP contribution >= 0.6 is 0 Å². The van der Waals surface area contributed by atoms with Gasteiger partial charge in [-0.15, -0.1) is 0 Å². The number of hydrogen-bond acceptors (Lipinski definition) is 3. The molecule has 1 atom stereocenters. The van der Waals surface area contributed by atoms with Crippen molar-refractivity contribution in [3.05, 3.63) is 30.1 Å². The van der Waals surface area contributed by atoms with E-state index in [-0.39, 0.29) is 11.9 Å². The Balaban J connectivity index is 2.56. The van der Waals surface area contributed by atoms with Crippen LogP contribution in [-0.2, 0) is 4.74 Å². The number of hydrogen-bond donors (Lipinski definition) is 1. The molecule has 96 valence electrons. The monoisotopic (exact) mass is 240 g/mol. The molecule has 0 radical (unpaired) electrons. The molecule has 0 fully saturated rings. The zero-order chi connectivity index (χ0) is 12.7. The van der Waals surface area contributed by atoms with E-state index in [0.29, 0.717) is 6.61 Å². The Bertz CT molecular complexity index is 316. The molecular weight excluding hydrogens is 219 g/mol. The molecule has 0 aliphatic carbocycles. The number of rotatable bonds is 7. The summed E-state index contributed by atoms with van der Waals surface area (Å²) >= 11 is 0. The summed E-state index contributed by atoms with van der Waals surface area (Å²) in [6.45, 7) is 4.34. The van der Waals surface area contributed by atoms with Crippen LogP contribution in [-0.4, -0.2) is 32.8 Å². The Kier molecular flexibility index (Phi) is 5.94. The Morgan fingerprint density at radius 3 is 2.53 bits per heavy atom. The van der Waals surface area contributed by atoms with Crippen molar-refractivity contribution in [3.8, 4) is 0 Å². The van der Waals surface area contributed by atoms with Gasteiger partial charge in [0.05, 0.1) is 0 Å². The number of nitrogens with two attached hydrogens (primary N) is 1. The van der Waals surface area contributed by atoms with Gasteiger partial charge in [-0.25, -0.2) is 4.39 Å². The van der Waals surface area contributed by atoms with E-state index in [2.05, 4.69) is 11.8 Å². The van der Waals surface area contributed by atoms with Gasteiger partial charge in [-0.3, -0.25) is 0 Å². The van der Waals surface area contributed by atoms with E-state index in [1.165, 1.54) is 12.1 Å². The van der Waals surface area contributed by atoms with Gasteiger partial charge in [0.2, 0.25) is 0 Å². The molecule has 1 rings (SSSR count). The van der Waals surface area contributed by atoms with Gasteiger partial charge < -0.3 is 15.4 Å². The highest BCUT2D eigenvalue weighted by Gasteiger charge is 2.09. The quantitative estimate of drug-likeness (QED) is 0.792. The van der Waals surface area contributed by atoms with Crippen molar-refractivity contribution >= 4 is 5.69 Å². The highest BCUT2D eigenvalue weighted by molar-refractivity contribution is 5.46. The third-order valence-electron chi connectivity index (χ3n) is 2.72. The average molecular weight is 240 g/mol. The second-order valence-corrected chi connectivity index (χ2v) is 4.06. The van der Waals surface area contributed by atoms with Crippen LogP contribution < -0.4 is 10.6 Å². The van der Waals surface area contributed by atoms with Crippen molar-refractivity contribution in [2.75, 3.05) is 31.7 Å². The molecule has 1 unspecified atom stereocenters. The molecule has 0 spiro atoms. The van der Waals surface area contributed by atoms with Gasteiger partial charge in [-0.2, -0.15) is 0 Å². The highest BCUT2D eigenvalue weighted by Crippen LogP contribution is 2.15. The Morgan fingerprint density at radius 1 is 1.35 bits per heavy atom. The van der Waals surface area contributed by atoms with E-state index in [4.69, 9.17) is 10.5 Å². The lowest BCUT2D eigenvalue weighted by molar-refractivity contribution is 0.188. The molecule has 0 aliphatic heterocycles. The van der Waals surface area contributed by atoms with Crippen molar-refractivity contribution in [2.45, 2.75) is 19.4 Å². The Morgan fingerprint density at radius 2 is 2.00 bits per heavy atom. The largest absolute Gasteiger partial charge is 0.385 e. The first kappa shape index (κ1) is 13.9. The lowest BCUT2D eigenvalue weighted by atomic mass is 10.2. The second kappa shape index (κ2) is 7.25. The van der Waals surface area contributed by atoms with Crippen molar-refractivity contribution < 1.29 is 9.13 Å². The average Bonchev–Trinajstić information content (AvgIpc) is 2.34. The standard InChI is InChI=1S/C13H21FN2O/c1-3-16(10-12(15)8-9-17-2)13-6-4-11(14)5-7-13/h4-7,12H,3,8-10,15H2,1-2H3. The number of ether oxygens (including phenoxy) is 1. The molecule has 1 aromatic rings. The van der Waals surface area contributed by atoms with Crippen molar-refractivity contribution in [3.63, 3.8) is 0 Å². The summed E-state index contributed by atoms with van der Waals surface area (Å²) in [4.78, 5) is 2.14. The van der Waals surface area contributed by atoms with E-state index < -0.39 is 0 Å². The van der Waals surface area contributed by atoms with E-state index in [1.807, 2.05) is 0 Å². The Hall–Kier alpha value is -1.13. The fourth-order valence-electron chi connectivity index (χ4n) is 1.71. The van der Waals surface area contributed by atoms with Crippen LogP contribution in [0, 0.1) is 5.82 Å². The lowest BCUT2D eigenvalue weighted by Crippen LogP contribution is -2.38. The fraction of sp³-hybridized carbons (Fsp3) is 0.538. The minimum Gasteiger partial charge on any atom is -0.385 e. The normalized spacial score (nSPS) is 12.5. The van der Waals surface area contributed by atoms with E-state index in [1.54, 1.807) is 19.2 Å². The molecule has 1 aromatic carbocycles. The fourth-order valence-corrected chi connectivity index (χ4v) is 1.71. The van der Waals surface area contributed by atoms with Gasteiger partial charge in [0.1, 0.15) is 5.82 Å². The van der Waals surface area contributed by atoms with Gasteiger partial charge in [0, 0.05) is 38.5 Å². The summed E-state index contributed by atoms with van der Waals surface area (Å²) in [6, 6.07) is 6.57. The van der Waals surface area contributed by atoms with Gasteiger partial charge >= 0.3 is 0 Å². The van der Waals surface area contributed by atoms with Crippen LogP contribution in [0.15, 0.2) is 24.3 Å². The molecule has 2 N–H and O–H groups in total. The summed E-state index contributed by atoms with van der Waals surface area (Å²) in [5, 5.41) is 0. The predicted octanol–water partition coefficient (Wildman–Crippen LogP) is 2.02. The van der Waals surface area contributed by atoms with Crippen molar-refractivity contribution in [2.24, 2.45) is 5.73 Å². The molecule has 0 amide bonds. The summed E-state index contributed by atoms with van der Waals surface area (Å²) in [5.41, 5.74) is 7.01. The van der Waals surface area contributed by atoms with Crippen LogP contribution in [0.5, 0.6) is 0 Å². The highest BCUT2D eigenvalue weighted by atomic mass is 19.1. The van der Waals surface area contributed by atoms with Gasteiger partial charge in [0.25, 0.3) is 0 Å². The molecule has 0 saturated carbocycles. The SMILES string of the molecule is CCN(CC(N)CCOC)c1ccc(F)cc1. The predicted molar refractivity (Wildman–Crippen MR) is 68.8 cm³/mol. The maximum atomic E-state index is 12.8. The summed E-state index contributed by atoms with van der Waals surface area (Å²) < 4.78 is 17.8. The second-order valence-electron chi connectivity index (χ2n) is 4.06. The van der Waals surface area contributed by atoms with Crippen LogP contribution in [0.3, 0.4) is 0 Å². The van der Waals surface area contributed by atoms with E-state index >= 15 is 0 Å². The van der Waals surface area contributed by atoms with E-state index in [9.17, 15) is 4.39 Å². The van der Waals surface area contributed by atoms with E-state index in [0.717, 1.165) is 25.2 Å². The van der Waals surface area contributed by atoms with Gasteiger partial charge in [-0.1, -0.05) is 0 Å². The van der Waals surface area contributed by atoms with Crippen LogP contribution in [0.4, 0.5) is 10.1 Å². The van der Waals surface area contributed by atoms with Gasteiger partial charge in [0.15, 0.2) is 0 Å². The minimum absolute atomic E-state index is 0.0694. The molecule has 0 saturated heterocycles. The van der Waals surface area contributed by atoms with Gasteiger partial charge in [-0.05, 0) is 37.6 Å². The Labute approximate surface area is 102 Å². The number of anilines is 1. The first-order valence-corrected chi connectivity index (χ1v) is 5.92. The molecule has 0 heterocycles. The minimum atomic E-state index is -0.214. The number of benzene rings is 1. The maximum absolute atomic E-state index is 12.8. The molecule has 17 heavy (non-hydrogen) atoms. The topological polar surface area (TPSA) is 38.5 Å². The summed E-state index contributed by atoms with van der Waals surface area (Å²) in [6.07, 6.45) is 0.828. The lowest BCUT2D eigenvalue weighted by Gasteiger charge is -2.26. The van der Waals surface area contributed by atoms with Crippen LogP contribution in [0.2, 0.25) is 0 Å².